The molecule has 0 atom stereocenters. The average molecular weight is 507 g/mol. The van der Waals surface area contributed by atoms with Crippen molar-refractivity contribution in [2.45, 2.75) is 52.4 Å². The molecule has 2 fully saturated rings. The number of hydrogen-bond donors (Lipinski definition) is 1. The van der Waals surface area contributed by atoms with Gasteiger partial charge in [0.1, 0.15) is 5.82 Å². The van der Waals surface area contributed by atoms with Gasteiger partial charge in [-0.1, -0.05) is 31.5 Å². The molecule has 0 aliphatic carbocycles. The minimum Gasteiger partial charge on any atom is -0.493 e. The third-order valence-corrected chi connectivity index (χ3v) is 5.95. The van der Waals surface area contributed by atoms with Gasteiger partial charge in [0, 0.05) is 19.3 Å². The number of likely N-dealkylation sites (tertiary alicyclic amines) is 1. The number of aromatic nitrogens is 1. The molecule has 0 spiro atoms. The summed E-state index contributed by atoms with van der Waals surface area (Å²) in [7, 11) is 3.36. The minimum atomic E-state index is 0.250. The molecular formula is C27H43ClN4O3. The van der Waals surface area contributed by atoms with E-state index in [0.29, 0.717) is 5.02 Å². The topological polar surface area (TPSA) is 80.9 Å². The van der Waals surface area contributed by atoms with Gasteiger partial charge in [-0.25, -0.2) is 4.98 Å². The SMILES string of the molecule is CC.COc1ccc(CCCN2CCCC2)cc1OC.Clc1ccc(N2CCCC2)nc1.NC=O. The lowest BCUT2D eigenvalue weighted by Crippen LogP contribution is -2.20. The first-order chi connectivity index (χ1) is 17.1. The van der Waals surface area contributed by atoms with Crippen LogP contribution in [0.15, 0.2) is 36.5 Å². The van der Waals surface area contributed by atoms with E-state index < -0.39 is 0 Å². The van der Waals surface area contributed by atoms with Crippen molar-refractivity contribution >= 4 is 23.8 Å². The van der Waals surface area contributed by atoms with Crippen molar-refractivity contribution in [2.75, 3.05) is 51.8 Å². The van der Waals surface area contributed by atoms with Crippen molar-refractivity contribution in [3.05, 3.63) is 47.1 Å². The van der Waals surface area contributed by atoms with E-state index in [0.717, 1.165) is 36.8 Å². The molecule has 8 heteroatoms. The van der Waals surface area contributed by atoms with E-state index in [-0.39, 0.29) is 6.41 Å². The number of primary amides is 1. The normalized spacial score (nSPS) is 14.5. The second-order valence-electron chi connectivity index (χ2n) is 8.01. The number of carbonyl (C=O) groups is 1. The highest BCUT2D eigenvalue weighted by Crippen LogP contribution is 2.28. The molecular weight excluding hydrogens is 464 g/mol. The standard InChI is InChI=1S/C15H23NO2.C9H11ClN2.C2H6.CH3NO/c1-17-14-8-7-13(12-15(14)18-2)6-5-11-16-9-3-4-10-16;10-8-3-4-9(11-7-8)12-5-1-2-6-12;1-2;2-1-3/h7-8,12H,3-6,9-11H2,1-2H3;3-4,7H,1-2,5-6H2;1-2H3;1H,(H2,2,3). The predicted octanol–water partition coefficient (Wildman–Crippen LogP) is 5.20. The highest BCUT2D eigenvalue weighted by atomic mass is 35.5. The number of rotatable bonds is 7. The van der Waals surface area contributed by atoms with Gasteiger partial charge >= 0.3 is 0 Å². The van der Waals surface area contributed by atoms with Crippen LogP contribution in [0.4, 0.5) is 5.82 Å². The number of ether oxygens (including phenoxy) is 2. The molecule has 1 aromatic carbocycles. The first-order valence-corrected chi connectivity index (χ1v) is 12.9. The molecule has 4 rings (SSSR count). The van der Waals surface area contributed by atoms with Crippen LogP contribution in [-0.4, -0.2) is 63.2 Å². The van der Waals surface area contributed by atoms with Crippen LogP contribution in [0.25, 0.3) is 0 Å². The summed E-state index contributed by atoms with van der Waals surface area (Å²) in [4.78, 5) is 17.7. The van der Waals surface area contributed by atoms with Gasteiger partial charge in [0.05, 0.1) is 19.2 Å². The minimum absolute atomic E-state index is 0.250. The zero-order chi connectivity index (χ0) is 25.9. The monoisotopic (exact) mass is 506 g/mol. The molecule has 2 aromatic rings. The van der Waals surface area contributed by atoms with Crippen LogP contribution in [0.1, 0.15) is 51.5 Å². The highest BCUT2D eigenvalue weighted by molar-refractivity contribution is 6.30. The summed E-state index contributed by atoms with van der Waals surface area (Å²) in [5, 5.41) is 0.706. The van der Waals surface area contributed by atoms with E-state index in [1.165, 1.54) is 57.3 Å². The number of halogens is 1. The van der Waals surface area contributed by atoms with E-state index in [4.69, 9.17) is 25.9 Å². The predicted molar refractivity (Wildman–Crippen MR) is 146 cm³/mol. The second kappa shape index (κ2) is 18.8. The molecule has 2 aliphatic heterocycles. The number of aryl methyl sites for hydroxylation is 1. The lowest BCUT2D eigenvalue weighted by atomic mass is 10.1. The zero-order valence-electron chi connectivity index (χ0n) is 21.8. The third-order valence-electron chi connectivity index (χ3n) is 5.73. The largest absolute Gasteiger partial charge is 0.493 e. The van der Waals surface area contributed by atoms with Crippen LogP contribution < -0.4 is 20.1 Å². The Bertz CT molecular complexity index is 809. The van der Waals surface area contributed by atoms with Crippen LogP contribution in [0, 0.1) is 0 Å². The fourth-order valence-corrected chi connectivity index (χ4v) is 4.16. The zero-order valence-corrected chi connectivity index (χ0v) is 22.6. The summed E-state index contributed by atoms with van der Waals surface area (Å²) in [5.41, 5.74) is 5.49. The summed E-state index contributed by atoms with van der Waals surface area (Å²) < 4.78 is 10.6. The summed E-state index contributed by atoms with van der Waals surface area (Å²) >= 11 is 5.74. The second-order valence-corrected chi connectivity index (χ2v) is 8.44. The van der Waals surface area contributed by atoms with Crippen molar-refractivity contribution in [1.82, 2.24) is 9.88 Å². The van der Waals surface area contributed by atoms with E-state index in [9.17, 15) is 0 Å². The first kappa shape index (κ1) is 30.5. The molecule has 1 aromatic heterocycles. The van der Waals surface area contributed by atoms with E-state index in [1.54, 1.807) is 20.4 Å². The molecule has 3 heterocycles. The van der Waals surface area contributed by atoms with Gasteiger partial charge in [-0.3, -0.25) is 4.79 Å². The fraction of sp³-hybridized carbons (Fsp3) is 0.556. The molecule has 2 saturated heterocycles. The summed E-state index contributed by atoms with van der Waals surface area (Å²) in [5.74, 6) is 2.69. The lowest BCUT2D eigenvalue weighted by Gasteiger charge is -2.15. The number of anilines is 1. The number of carbonyl (C=O) groups excluding carboxylic acids is 1. The van der Waals surface area contributed by atoms with E-state index >= 15 is 0 Å². The Morgan fingerprint density at radius 3 is 2.11 bits per heavy atom. The third kappa shape index (κ3) is 11.6. The van der Waals surface area contributed by atoms with Gasteiger partial charge in [0.2, 0.25) is 6.41 Å². The van der Waals surface area contributed by atoms with Crippen molar-refractivity contribution in [1.29, 1.82) is 0 Å². The van der Waals surface area contributed by atoms with Crippen molar-refractivity contribution in [2.24, 2.45) is 5.73 Å². The smallest absolute Gasteiger partial charge is 0.204 e. The van der Waals surface area contributed by atoms with Crippen LogP contribution in [0.2, 0.25) is 5.02 Å². The maximum atomic E-state index is 8.58. The van der Waals surface area contributed by atoms with Gasteiger partial charge in [-0.2, -0.15) is 0 Å². The van der Waals surface area contributed by atoms with Crippen molar-refractivity contribution in [3.63, 3.8) is 0 Å². The quantitative estimate of drug-likeness (QED) is 0.520. The molecule has 1 amide bonds. The molecule has 35 heavy (non-hydrogen) atoms. The Labute approximate surface area is 216 Å². The van der Waals surface area contributed by atoms with Crippen LogP contribution >= 0.6 is 11.6 Å². The van der Waals surface area contributed by atoms with Crippen LogP contribution in [-0.2, 0) is 11.2 Å². The first-order valence-electron chi connectivity index (χ1n) is 12.6. The Hall–Kier alpha value is -2.51. The van der Waals surface area contributed by atoms with Gasteiger partial charge in [-0.05, 0) is 88.0 Å². The Morgan fingerprint density at radius 2 is 1.57 bits per heavy atom. The van der Waals surface area contributed by atoms with E-state index in [2.05, 4.69) is 32.7 Å². The number of benzene rings is 1. The number of nitrogens with zero attached hydrogens (tertiary/aromatic N) is 3. The Morgan fingerprint density at radius 1 is 0.971 bits per heavy atom. The molecule has 2 aliphatic rings. The lowest BCUT2D eigenvalue weighted by molar-refractivity contribution is -0.106. The Kier molecular flexibility index (Phi) is 16.4. The molecule has 0 bridgehead atoms. The van der Waals surface area contributed by atoms with Crippen LogP contribution in [0.5, 0.6) is 11.5 Å². The van der Waals surface area contributed by atoms with Gasteiger partial charge < -0.3 is 25.0 Å². The summed E-state index contributed by atoms with van der Waals surface area (Å²) in [6.07, 6.45) is 9.59. The van der Waals surface area contributed by atoms with Crippen molar-refractivity contribution in [3.8, 4) is 11.5 Å². The number of amides is 1. The maximum Gasteiger partial charge on any atom is 0.204 e. The maximum absolute atomic E-state index is 8.58. The number of hydrogen-bond acceptors (Lipinski definition) is 6. The van der Waals surface area contributed by atoms with Crippen molar-refractivity contribution < 1.29 is 14.3 Å². The average Bonchev–Trinajstić information content (AvgIpc) is 3.61. The van der Waals surface area contributed by atoms with Crippen LogP contribution in [0.3, 0.4) is 0 Å². The number of nitrogens with two attached hydrogens (primary N) is 1. The highest BCUT2D eigenvalue weighted by Gasteiger charge is 2.13. The summed E-state index contributed by atoms with van der Waals surface area (Å²) in [6.45, 7) is 10.1. The molecule has 0 radical (unpaired) electrons. The van der Waals surface area contributed by atoms with Gasteiger partial charge in [0.15, 0.2) is 11.5 Å². The fourth-order valence-electron chi connectivity index (χ4n) is 4.05. The van der Waals surface area contributed by atoms with E-state index in [1.807, 2.05) is 32.0 Å². The molecule has 0 unspecified atom stereocenters. The number of pyridine rings is 1. The number of methoxy groups -OCH3 is 2. The molecule has 2 N–H and O–H groups in total. The molecule has 0 saturated carbocycles. The van der Waals surface area contributed by atoms with Gasteiger partial charge in [0.25, 0.3) is 0 Å². The Balaban J connectivity index is 0.000000311. The molecule has 196 valence electrons. The summed E-state index contributed by atoms with van der Waals surface area (Å²) in [6, 6.07) is 10.1. The van der Waals surface area contributed by atoms with Gasteiger partial charge in [-0.15, -0.1) is 0 Å². The molecule has 7 nitrogen and oxygen atoms in total.